The highest BCUT2D eigenvalue weighted by atomic mass is 16.6. The number of non-ortho nitro benzene ring substituents is 1. The van der Waals surface area contributed by atoms with Crippen molar-refractivity contribution in [3.8, 4) is 5.75 Å². The van der Waals surface area contributed by atoms with Gasteiger partial charge in [-0.2, -0.15) is 0 Å². The van der Waals surface area contributed by atoms with Crippen molar-refractivity contribution in [2.24, 2.45) is 5.92 Å². The van der Waals surface area contributed by atoms with Crippen LogP contribution in [0.2, 0.25) is 0 Å². The minimum absolute atomic E-state index is 0.00366. The minimum atomic E-state index is -0.441. The Kier molecular flexibility index (Phi) is 4.79. The van der Waals surface area contributed by atoms with Crippen LogP contribution in [0.25, 0.3) is 0 Å². The van der Waals surface area contributed by atoms with Crippen LogP contribution in [-0.2, 0) is 0 Å². The molecule has 1 fully saturated rings. The SMILES string of the molecule is COc1cc(NCC2CCCCC2O)cc([N+](=O)[O-])c1. The van der Waals surface area contributed by atoms with Gasteiger partial charge in [0.05, 0.1) is 24.2 Å². The average Bonchev–Trinajstić information content (AvgIpc) is 2.46. The van der Waals surface area contributed by atoms with E-state index in [-0.39, 0.29) is 17.7 Å². The van der Waals surface area contributed by atoms with Crippen LogP contribution >= 0.6 is 0 Å². The summed E-state index contributed by atoms with van der Waals surface area (Å²) in [6.07, 6.45) is 3.74. The molecule has 2 rings (SSSR count). The molecule has 0 aromatic heterocycles. The van der Waals surface area contributed by atoms with Gasteiger partial charge >= 0.3 is 0 Å². The van der Waals surface area contributed by atoms with Crippen molar-refractivity contribution in [1.29, 1.82) is 0 Å². The first kappa shape index (κ1) is 14.6. The molecule has 2 N–H and O–H groups in total. The van der Waals surface area contributed by atoms with Gasteiger partial charge < -0.3 is 15.2 Å². The smallest absolute Gasteiger partial charge is 0.275 e. The number of aliphatic hydroxyl groups is 1. The molecule has 1 aromatic carbocycles. The number of nitro groups is 1. The van der Waals surface area contributed by atoms with E-state index in [2.05, 4.69) is 5.32 Å². The summed E-state index contributed by atoms with van der Waals surface area (Å²) in [4.78, 5) is 10.4. The quantitative estimate of drug-likeness (QED) is 0.639. The Bertz CT molecular complexity index is 478. The molecule has 1 aliphatic carbocycles. The second kappa shape index (κ2) is 6.56. The fourth-order valence-corrected chi connectivity index (χ4v) is 2.58. The van der Waals surface area contributed by atoms with Crippen LogP contribution in [0.3, 0.4) is 0 Å². The fraction of sp³-hybridized carbons (Fsp3) is 0.571. The number of benzene rings is 1. The van der Waals surface area contributed by atoms with Crippen molar-refractivity contribution < 1.29 is 14.8 Å². The predicted octanol–water partition coefficient (Wildman–Crippen LogP) is 2.57. The van der Waals surface area contributed by atoms with E-state index in [1.807, 2.05) is 0 Å². The number of hydrogen-bond donors (Lipinski definition) is 2. The summed E-state index contributed by atoms with van der Waals surface area (Å²) in [5.74, 6) is 0.653. The normalized spacial score (nSPS) is 22.3. The maximum atomic E-state index is 10.9. The van der Waals surface area contributed by atoms with E-state index < -0.39 is 4.92 Å². The van der Waals surface area contributed by atoms with E-state index >= 15 is 0 Å². The highest BCUT2D eigenvalue weighted by Gasteiger charge is 2.22. The van der Waals surface area contributed by atoms with E-state index in [1.165, 1.54) is 19.2 Å². The number of methoxy groups -OCH3 is 1. The van der Waals surface area contributed by atoms with Gasteiger partial charge in [-0.3, -0.25) is 10.1 Å². The second-order valence-electron chi connectivity index (χ2n) is 5.17. The van der Waals surface area contributed by atoms with Crippen LogP contribution in [0.15, 0.2) is 18.2 Å². The summed E-state index contributed by atoms with van der Waals surface area (Å²) < 4.78 is 5.06. The van der Waals surface area contributed by atoms with Gasteiger partial charge in [0.25, 0.3) is 5.69 Å². The van der Waals surface area contributed by atoms with Gasteiger partial charge in [0.1, 0.15) is 5.75 Å². The molecular formula is C14H20N2O4. The molecule has 110 valence electrons. The summed E-state index contributed by atoms with van der Waals surface area (Å²) in [6, 6.07) is 4.60. The molecule has 1 aliphatic rings. The minimum Gasteiger partial charge on any atom is -0.496 e. The molecule has 0 saturated heterocycles. The summed E-state index contributed by atoms with van der Waals surface area (Å²) in [7, 11) is 1.48. The average molecular weight is 280 g/mol. The lowest BCUT2D eigenvalue weighted by molar-refractivity contribution is -0.384. The Morgan fingerprint density at radius 2 is 2.15 bits per heavy atom. The van der Waals surface area contributed by atoms with Crippen molar-refractivity contribution >= 4 is 11.4 Å². The molecular weight excluding hydrogens is 260 g/mol. The van der Waals surface area contributed by atoms with Gasteiger partial charge in [-0.1, -0.05) is 12.8 Å². The Balaban J connectivity index is 2.04. The standard InChI is InChI=1S/C14H20N2O4/c1-20-13-7-11(6-12(8-13)16(18)19)15-9-10-4-2-3-5-14(10)17/h6-8,10,14-15,17H,2-5,9H2,1H3. The molecule has 1 aromatic rings. The number of nitrogens with one attached hydrogen (secondary N) is 1. The van der Waals surface area contributed by atoms with Crippen molar-refractivity contribution in [3.05, 3.63) is 28.3 Å². The third-order valence-corrected chi connectivity index (χ3v) is 3.78. The molecule has 20 heavy (non-hydrogen) atoms. The number of nitrogens with zero attached hydrogens (tertiary/aromatic N) is 1. The lowest BCUT2D eigenvalue weighted by Gasteiger charge is -2.28. The fourth-order valence-electron chi connectivity index (χ4n) is 2.58. The van der Waals surface area contributed by atoms with Crippen LogP contribution in [0, 0.1) is 16.0 Å². The zero-order chi connectivity index (χ0) is 14.5. The first-order valence-electron chi connectivity index (χ1n) is 6.85. The van der Waals surface area contributed by atoms with Crippen molar-refractivity contribution in [3.63, 3.8) is 0 Å². The van der Waals surface area contributed by atoms with Crippen molar-refractivity contribution in [1.82, 2.24) is 0 Å². The number of nitro benzene ring substituents is 1. The number of aliphatic hydroxyl groups excluding tert-OH is 1. The lowest BCUT2D eigenvalue weighted by atomic mass is 9.86. The topological polar surface area (TPSA) is 84.6 Å². The Morgan fingerprint density at radius 1 is 1.40 bits per heavy atom. The Labute approximate surface area is 117 Å². The van der Waals surface area contributed by atoms with Crippen LogP contribution < -0.4 is 10.1 Å². The largest absolute Gasteiger partial charge is 0.496 e. The van der Waals surface area contributed by atoms with Gasteiger partial charge in [-0.05, 0) is 12.8 Å². The van der Waals surface area contributed by atoms with Crippen LogP contribution in [0.1, 0.15) is 25.7 Å². The number of rotatable bonds is 5. The highest BCUT2D eigenvalue weighted by molar-refractivity contribution is 5.56. The molecule has 6 heteroatoms. The van der Waals surface area contributed by atoms with Gasteiger partial charge in [0.2, 0.25) is 0 Å². The van der Waals surface area contributed by atoms with E-state index in [0.717, 1.165) is 25.7 Å². The van der Waals surface area contributed by atoms with Crippen LogP contribution in [0.4, 0.5) is 11.4 Å². The van der Waals surface area contributed by atoms with Gasteiger partial charge in [0.15, 0.2) is 0 Å². The highest BCUT2D eigenvalue weighted by Crippen LogP contribution is 2.28. The maximum absolute atomic E-state index is 10.9. The van der Waals surface area contributed by atoms with E-state index in [9.17, 15) is 15.2 Å². The maximum Gasteiger partial charge on any atom is 0.275 e. The van der Waals surface area contributed by atoms with Gasteiger partial charge in [-0.15, -0.1) is 0 Å². The summed E-state index contributed by atoms with van der Waals surface area (Å²) in [6.45, 7) is 0.617. The first-order valence-corrected chi connectivity index (χ1v) is 6.85. The van der Waals surface area contributed by atoms with Crippen molar-refractivity contribution in [2.75, 3.05) is 19.0 Å². The summed E-state index contributed by atoms with van der Waals surface area (Å²) in [5.41, 5.74) is 0.643. The Hall–Kier alpha value is -1.82. The number of hydrogen-bond acceptors (Lipinski definition) is 5. The zero-order valence-electron chi connectivity index (χ0n) is 11.5. The molecule has 0 aliphatic heterocycles. The lowest BCUT2D eigenvalue weighted by Crippen LogP contribution is -2.30. The van der Waals surface area contributed by atoms with E-state index in [0.29, 0.717) is 18.0 Å². The Morgan fingerprint density at radius 3 is 2.80 bits per heavy atom. The van der Waals surface area contributed by atoms with Crippen LogP contribution in [0.5, 0.6) is 5.75 Å². The summed E-state index contributed by atoms with van der Waals surface area (Å²) >= 11 is 0. The van der Waals surface area contributed by atoms with Gasteiger partial charge in [0, 0.05) is 30.3 Å². The molecule has 2 unspecified atom stereocenters. The molecule has 0 heterocycles. The molecule has 0 bridgehead atoms. The number of ether oxygens (including phenoxy) is 1. The van der Waals surface area contributed by atoms with Gasteiger partial charge in [-0.25, -0.2) is 0 Å². The molecule has 1 saturated carbocycles. The number of anilines is 1. The van der Waals surface area contributed by atoms with E-state index in [1.54, 1.807) is 6.07 Å². The third kappa shape index (κ3) is 3.60. The summed E-state index contributed by atoms with van der Waals surface area (Å²) in [5, 5.41) is 23.9. The predicted molar refractivity (Wildman–Crippen MR) is 76.1 cm³/mol. The zero-order valence-corrected chi connectivity index (χ0v) is 11.5. The molecule has 0 radical (unpaired) electrons. The second-order valence-corrected chi connectivity index (χ2v) is 5.17. The molecule has 0 amide bonds. The first-order chi connectivity index (χ1) is 9.60. The monoisotopic (exact) mass is 280 g/mol. The molecule has 0 spiro atoms. The van der Waals surface area contributed by atoms with Crippen molar-refractivity contribution in [2.45, 2.75) is 31.8 Å². The third-order valence-electron chi connectivity index (χ3n) is 3.78. The molecule has 2 atom stereocenters. The van der Waals surface area contributed by atoms with E-state index in [4.69, 9.17) is 4.74 Å². The molecule has 6 nitrogen and oxygen atoms in total. The van der Waals surface area contributed by atoms with Crippen LogP contribution in [-0.4, -0.2) is 29.8 Å².